The van der Waals surface area contributed by atoms with Gasteiger partial charge in [-0.1, -0.05) is 37.3 Å². The van der Waals surface area contributed by atoms with E-state index >= 15 is 0 Å². The first-order chi connectivity index (χ1) is 13.5. The Bertz CT molecular complexity index is 1060. The van der Waals surface area contributed by atoms with E-state index in [-0.39, 0.29) is 18.2 Å². The van der Waals surface area contributed by atoms with Crippen molar-refractivity contribution in [3.8, 4) is 17.1 Å². The maximum absolute atomic E-state index is 14.0. The molecule has 1 aliphatic carbocycles. The Labute approximate surface area is 159 Å². The smallest absolute Gasteiger partial charge is 0.263 e. The number of nitrogens with one attached hydrogen (secondary N) is 1. The van der Waals surface area contributed by atoms with Gasteiger partial charge in [0, 0.05) is 16.7 Å². The molecule has 0 unspecified atom stereocenters. The fourth-order valence-electron chi connectivity index (χ4n) is 3.27. The van der Waals surface area contributed by atoms with Gasteiger partial charge in [-0.2, -0.15) is 9.90 Å². The number of aromatic hydroxyl groups is 1. The molecule has 0 spiro atoms. The Hall–Kier alpha value is -3.62. The molecule has 2 aromatic carbocycles. The zero-order valence-electron chi connectivity index (χ0n) is 15.0. The van der Waals surface area contributed by atoms with Crippen molar-refractivity contribution >= 4 is 11.6 Å². The van der Waals surface area contributed by atoms with Crippen molar-refractivity contribution in [1.29, 1.82) is 0 Å². The van der Waals surface area contributed by atoms with Crippen molar-refractivity contribution in [2.75, 3.05) is 0 Å². The van der Waals surface area contributed by atoms with Gasteiger partial charge in [-0.25, -0.2) is 9.82 Å². The number of aromatic nitrogens is 4. The van der Waals surface area contributed by atoms with Crippen molar-refractivity contribution in [3.05, 3.63) is 59.4 Å². The number of nitrogens with zero attached hydrogens (tertiary/aromatic N) is 5. The topological polar surface area (TPSA) is 105 Å². The summed E-state index contributed by atoms with van der Waals surface area (Å²) in [5.74, 6) is -0.625. The second-order valence-corrected chi connectivity index (χ2v) is 6.56. The minimum absolute atomic E-state index is 0.0563. The monoisotopic (exact) mass is 380 g/mol. The van der Waals surface area contributed by atoms with Crippen LogP contribution in [0.5, 0.6) is 5.75 Å². The van der Waals surface area contributed by atoms with Crippen LogP contribution >= 0.6 is 0 Å². The average molecular weight is 380 g/mol. The molecular formula is C19H17FN6O2. The van der Waals surface area contributed by atoms with Gasteiger partial charge in [0.05, 0.1) is 5.71 Å². The van der Waals surface area contributed by atoms with E-state index in [2.05, 4.69) is 25.9 Å². The van der Waals surface area contributed by atoms with Crippen LogP contribution < -0.4 is 5.43 Å². The molecule has 9 heteroatoms. The summed E-state index contributed by atoms with van der Waals surface area (Å²) in [7, 11) is 0. The zero-order valence-corrected chi connectivity index (χ0v) is 15.0. The highest BCUT2D eigenvalue weighted by Gasteiger charge is 2.30. The molecule has 0 fully saturated rings. The fourth-order valence-corrected chi connectivity index (χ4v) is 3.27. The van der Waals surface area contributed by atoms with E-state index < -0.39 is 11.7 Å². The number of fused-ring (bicyclic) bond motifs is 1. The number of hydrogen-bond acceptors (Lipinski definition) is 6. The Morgan fingerprint density at radius 3 is 2.89 bits per heavy atom. The van der Waals surface area contributed by atoms with Gasteiger partial charge >= 0.3 is 0 Å². The van der Waals surface area contributed by atoms with Gasteiger partial charge in [-0.05, 0) is 29.7 Å². The maximum Gasteiger partial charge on any atom is 0.263 e. The molecule has 2 N–H and O–H groups in total. The minimum Gasteiger partial charge on any atom is -0.507 e. The lowest BCUT2D eigenvalue weighted by Crippen LogP contribution is -2.25. The summed E-state index contributed by atoms with van der Waals surface area (Å²) in [6.07, 6.45) is 0.420. The van der Waals surface area contributed by atoms with Crippen LogP contribution in [0.3, 0.4) is 0 Å². The summed E-state index contributed by atoms with van der Waals surface area (Å²) in [5.41, 5.74) is 4.41. The molecule has 142 valence electrons. The van der Waals surface area contributed by atoms with E-state index in [1.807, 2.05) is 37.3 Å². The summed E-state index contributed by atoms with van der Waals surface area (Å²) in [5, 5.41) is 26.1. The number of phenolic OH excluding ortho intramolecular Hbond substituents is 1. The van der Waals surface area contributed by atoms with Gasteiger partial charge < -0.3 is 5.11 Å². The highest BCUT2D eigenvalue weighted by molar-refractivity contribution is 6.07. The van der Waals surface area contributed by atoms with Crippen molar-refractivity contribution in [2.45, 2.75) is 25.8 Å². The maximum atomic E-state index is 14.0. The Morgan fingerprint density at radius 1 is 1.32 bits per heavy atom. The van der Waals surface area contributed by atoms with E-state index in [0.717, 1.165) is 5.56 Å². The normalized spacial score (nSPS) is 16.9. The second kappa shape index (κ2) is 7.18. The van der Waals surface area contributed by atoms with E-state index in [4.69, 9.17) is 0 Å². The molecule has 0 saturated carbocycles. The zero-order chi connectivity index (χ0) is 19.7. The lowest BCUT2D eigenvalue weighted by Gasteiger charge is -2.06. The average Bonchev–Trinajstić information content (AvgIpc) is 3.29. The molecule has 1 atom stereocenters. The van der Waals surface area contributed by atoms with Crippen LogP contribution in [0.1, 0.15) is 30.4 Å². The number of carbonyl (C=O) groups is 1. The molecule has 0 saturated heterocycles. The first-order valence-electron chi connectivity index (χ1n) is 8.73. The largest absolute Gasteiger partial charge is 0.507 e. The van der Waals surface area contributed by atoms with E-state index in [1.165, 1.54) is 16.9 Å². The molecule has 3 aromatic rings. The number of phenols is 1. The van der Waals surface area contributed by atoms with Gasteiger partial charge in [0.2, 0.25) is 5.82 Å². The molecule has 1 aromatic heterocycles. The third kappa shape index (κ3) is 3.34. The van der Waals surface area contributed by atoms with E-state index in [9.17, 15) is 14.3 Å². The fraction of sp³-hybridized carbons (Fsp3) is 0.211. The molecule has 8 nitrogen and oxygen atoms in total. The van der Waals surface area contributed by atoms with Crippen LogP contribution in [0.15, 0.2) is 47.6 Å². The third-order valence-corrected chi connectivity index (χ3v) is 4.54. The summed E-state index contributed by atoms with van der Waals surface area (Å²) in [6, 6.07) is 11.8. The predicted molar refractivity (Wildman–Crippen MR) is 99.0 cm³/mol. The summed E-state index contributed by atoms with van der Waals surface area (Å²) in [6.45, 7) is 1.67. The number of tetrazole rings is 1. The van der Waals surface area contributed by atoms with Crippen molar-refractivity contribution in [2.24, 2.45) is 5.10 Å². The predicted octanol–water partition coefficient (Wildman–Crippen LogP) is 2.21. The summed E-state index contributed by atoms with van der Waals surface area (Å²) >= 11 is 0. The number of rotatable bonds is 4. The first kappa shape index (κ1) is 17.8. The Morgan fingerprint density at radius 2 is 2.11 bits per heavy atom. The molecule has 1 aliphatic rings. The van der Waals surface area contributed by atoms with Crippen molar-refractivity contribution in [1.82, 2.24) is 25.6 Å². The lowest BCUT2D eigenvalue weighted by molar-refractivity contribution is -0.122. The number of amides is 1. The summed E-state index contributed by atoms with van der Waals surface area (Å²) in [4.78, 5) is 13.3. The van der Waals surface area contributed by atoms with Crippen molar-refractivity contribution < 1.29 is 14.3 Å². The molecule has 4 rings (SSSR count). The van der Waals surface area contributed by atoms with Crippen LogP contribution in [0, 0.1) is 5.82 Å². The first-order valence-corrected chi connectivity index (χ1v) is 8.73. The van der Waals surface area contributed by atoms with E-state index in [1.54, 1.807) is 0 Å². The SMILES string of the molecule is C[C@@H]1C/C(=N\NC(=O)Cn2nnc(-c3ccccc3)n2)c2c(O)ccc(F)c21. The lowest BCUT2D eigenvalue weighted by atomic mass is 10.0. The minimum atomic E-state index is -0.457. The van der Waals surface area contributed by atoms with Crippen LogP contribution in [-0.4, -0.2) is 36.9 Å². The molecule has 0 aliphatic heterocycles. The van der Waals surface area contributed by atoms with Crippen molar-refractivity contribution in [3.63, 3.8) is 0 Å². The van der Waals surface area contributed by atoms with Crippen LogP contribution in [0.2, 0.25) is 0 Å². The molecule has 28 heavy (non-hydrogen) atoms. The van der Waals surface area contributed by atoms with Crippen LogP contribution in [0.25, 0.3) is 11.4 Å². The number of carbonyl (C=O) groups excluding carboxylic acids is 1. The quantitative estimate of drug-likeness (QED) is 0.675. The highest BCUT2D eigenvalue weighted by Crippen LogP contribution is 2.39. The van der Waals surface area contributed by atoms with Crippen LogP contribution in [-0.2, 0) is 11.3 Å². The Balaban J connectivity index is 1.46. The van der Waals surface area contributed by atoms with Gasteiger partial charge in [0.25, 0.3) is 5.91 Å². The molecule has 1 amide bonds. The molecule has 0 radical (unpaired) electrons. The standard InChI is InChI=1S/C19H17FN6O2/c1-11-9-14(18-15(27)8-7-13(20)17(11)18)21-22-16(28)10-26-24-19(23-25-26)12-5-3-2-4-6-12/h2-8,11,27H,9-10H2,1H3,(H,22,28)/b21-14+/t11-/m1/s1. The second-order valence-electron chi connectivity index (χ2n) is 6.56. The van der Waals surface area contributed by atoms with Gasteiger partial charge in [-0.3, -0.25) is 4.79 Å². The summed E-state index contributed by atoms with van der Waals surface area (Å²) < 4.78 is 14.0. The third-order valence-electron chi connectivity index (χ3n) is 4.54. The number of benzene rings is 2. The van der Waals surface area contributed by atoms with Crippen LogP contribution in [0.4, 0.5) is 4.39 Å². The number of hydrogen-bond donors (Lipinski definition) is 2. The highest BCUT2D eigenvalue weighted by atomic mass is 19.1. The number of hydrazone groups is 1. The van der Waals surface area contributed by atoms with Gasteiger partial charge in [0.1, 0.15) is 18.1 Å². The van der Waals surface area contributed by atoms with E-state index in [0.29, 0.717) is 29.1 Å². The molecular weight excluding hydrogens is 363 g/mol. The van der Waals surface area contributed by atoms with Gasteiger partial charge in [-0.15, -0.1) is 10.2 Å². The number of halogens is 1. The Kier molecular flexibility index (Phi) is 4.56. The molecule has 1 heterocycles. The molecule has 0 bridgehead atoms. The van der Waals surface area contributed by atoms with Gasteiger partial charge in [0.15, 0.2) is 0 Å².